The van der Waals surface area contributed by atoms with Gasteiger partial charge in [-0.05, 0) is 38.6 Å². The highest BCUT2D eigenvalue weighted by molar-refractivity contribution is 5.17. The van der Waals surface area contributed by atoms with Gasteiger partial charge in [0.25, 0.3) is 0 Å². The first-order valence-electron chi connectivity index (χ1n) is 5.18. The molecule has 1 atom stereocenters. The Labute approximate surface area is 84.9 Å². The highest BCUT2D eigenvalue weighted by Crippen LogP contribution is 2.25. The summed E-state index contributed by atoms with van der Waals surface area (Å²) in [5.41, 5.74) is 1.19. The predicted octanol–water partition coefficient (Wildman–Crippen LogP) is 0.880. The molecule has 2 heterocycles. The summed E-state index contributed by atoms with van der Waals surface area (Å²) in [6, 6.07) is 6.11. The molecule has 0 spiro atoms. The van der Waals surface area contributed by atoms with E-state index in [1.807, 2.05) is 19.3 Å². The van der Waals surface area contributed by atoms with Crippen molar-refractivity contribution >= 4 is 0 Å². The van der Waals surface area contributed by atoms with Crippen LogP contribution in [-0.4, -0.2) is 25.1 Å². The Morgan fingerprint density at radius 1 is 1.50 bits per heavy atom. The fraction of sp³-hybridized carbons (Fsp3) is 0.545. The van der Waals surface area contributed by atoms with E-state index in [9.17, 15) is 0 Å². The molecule has 0 amide bonds. The summed E-state index contributed by atoms with van der Waals surface area (Å²) in [6.45, 7) is 2.09. The second-order valence-corrected chi connectivity index (χ2v) is 3.83. The van der Waals surface area contributed by atoms with E-state index in [2.05, 4.69) is 27.8 Å². The van der Waals surface area contributed by atoms with Gasteiger partial charge in [0.15, 0.2) is 0 Å². The zero-order valence-corrected chi connectivity index (χ0v) is 8.59. The summed E-state index contributed by atoms with van der Waals surface area (Å²) in [5, 5.41) is 6.83. The molecule has 2 rings (SSSR count). The topological polar surface area (TPSA) is 37.0 Å². The summed E-state index contributed by atoms with van der Waals surface area (Å²) >= 11 is 0. The Morgan fingerprint density at radius 3 is 3.00 bits per heavy atom. The Morgan fingerprint density at radius 2 is 2.43 bits per heavy atom. The average Bonchev–Trinajstić information content (AvgIpc) is 2.31. The van der Waals surface area contributed by atoms with Gasteiger partial charge in [-0.1, -0.05) is 6.07 Å². The van der Waals surface area contributed by atoms with Crippen molar-refractivity contribution in [2.75, 3.05) is 20.1 Å². The lowest BCUT2D eigenvalue weighted by Crippen LogP contribution is -2.52. The summed E-state index contributed by atoms with van der Waals surface area (Å²) in [5.74, 6) is 0. The third kappa shape index (κ3) is 1.65. The van der Waals surface area contributed by atoms with Gasteiger partial charge in [0.05, 0.1) is 11.2 Å². The largest absolute Gasteiger partial charge is 0.314 e. The molecule has 0 radical (unpaired) electrons. The first-order chi connectivity index (χ1) is 6.87. The second kappa shape index (κ2) is 4.07. The number of aromatic nitrogens is 1. The molecule has 1 aromatic rings. The maximum atomic E-state index is 4.44. The number of piperidine rings is 1. The predicted molar refractivity (Wildman–Crippen MR) is 57.1 cm³/mol. The molecular weight excluding hydrogens is 174 g/mol. The van der Waals surface area contributed by atoms with Gasteiger partial charge < -0.3 is 10.6 Å². The molecule has 2 N–H and O–H groups in total. The van der Waals surface area contributed by atoms with Gasteiger partial charge >= 0.3 is 0 Å². The molecule has 1 aromatic heterocycles. The van der Waals surface area contributed by atoms with Crippen LogP contribution in [-0.2, 0) is 5.54 Å². The Hall–Kier alpha value is -0.930. The number of pyridine rings is 1. The molecule has 0 aromatic carbocycles. The summed E-state index contributed by atoms with van der Waals surface area (Å²) in [6.07, 6.45) is 4.23. The number of hydrogen-bond acceptors (Lipinski definition) is 3. The van der Waals surface area contributed by atoms with Crippen molar-refractivity contribution in [3.05, 3.63) is 30.1 Å². The molecule has 0 bridgehead atoms. The Kier molecular flexibility index (Phi) is 2.79. The molecule has 1 saturated heterocycles. The zero-order valence-electron chi connectivity index (χ0n) is 8.59. The van der Waals surface area contributed by atoms with Crippen molar-refractivity contribution < 1.29 is 0 Å². The lowest BCUT2D eigenvalue weighted by atomic mass is 9.86. The number of rotatable bonds is 2. The molecule has 1 unspecified atom stereocenters. The molecular formula is C11H17N3. The standard InChI is InChI=1S/C11H17N3/c1-12-11(6-4-7-13-9-11)10-5-2-3-8-14-10/h2-3,5,8,12-13H,4,6-7,9H2,1H3. The molecule has 3 heteroatoms. The van der Waals surface area contributed by atoms with Gasteiger partial charge in [-0.2, -0.15) is 0 Å². The van der Waals surface area contributed by atoms with E-state index in [0.717, 1.165) is 25.2 Å². The summed E-state index contributed by atoms with van der Waals surface area (Å²) in [7, 11) is 2.02. The van der Waals surface area contributed by atoms with Gasteiger partial charge in [-0.15, -0.1) is 0 Å². The quantitative estimate of drug-likeness (QED) is 0.728. The van der Waals surface area contributed by atoms with Gasteiger partial charge in [0, 0.05) is 12.7 Å². The van der Waals surface area contributed by atoms with Crippen LogP contribution in [0.2, 0.25) is 0 Å². The van der Waals surface area contributed by atoms with Crippen LogP contribution in [0.5, 0.6) is 0 Å². The highest BCUT2D eigenvalue weighted by atomic mass is 15.1. The normalized spacial score (nSPS) is 27.5. The molecule has 76 valence electrons. The van der Waals surface area contributed by atoms with Gasteiger partial charge in [-0.25, -0.2) is 0 Å². The van der Waals surface area contributed by atoms with Crippen LogP contribution < -0.4 is 10.6 Å². The maximum absolute atomic E-state index is 4.44. The lowest BCUT2D eigenvalue weighted by Gasteiger charge is -2.37. The maximum Gasteiger partial charge on any atom is 0.0732 e. The fourth-order valence-electron chi connectivity index (χ4n) is 2.11. The number of nitrogens with zero attached hydrogens (tertiary/aromatic N) is 1. The van der Waals surface area contributed by atoms with Crippen LogP contribution in [0.1, 0.15) is 18.5 Å². The fourth-order valence-corrected chi connectivity index (χ4v) is 2.11. The monoisotopic (exact) mass is 191 g/mol. The van der Waals surface area contributed by atoms with Gasteiger partial charge in [0.1, 0.15) is 0 Å². The van der Waals surface area contributed by atoms with Crippen molar-refractivity contribution in [1.29, 1.82) is 0 Å². The minimum atomic E-state index is 0.0412. The molecule has 1 aliphatic rings. The smallest absolute Gasteiger partial charge is 0.0732 e. The first-order valence-corrected chi connectivity index (χ1v) is 5.18. The van der Waals surface area contributed by atoms with E-state index < -0.39 is 0 Å². The van der Waals surface area contributed by atoms with Crippen molar-refractivity contribution in [3.63, 3.8) is 0 Å². The van der Waals surface area contributed by atoms with E-state index in [1.54, 1.807) is 0 Å². The molecule has 14 heavy (non-hydrogen) atoms. The summed E-state index contributed by atoms with van der Waals surface area (Å²) in [4.78, 5) is 4.44. The zero-order chi connectivity index (χ0) is 9.86. The minimum absolute atomic E-state index is 0.0412. The number of hydrogen-bond donors (Lipinski definition) is 2. The van der Waals surface area contributed by atoms with Gasteiger partial charge in [0.2, 0.25) is 0 Å². The van der Waals surface area contributed by atoms with Crippen LogP contribution >= 0.6 is 0 Å². The average molecular weight is 191 g/mol. The van der Waals surface area contributed by atoms with Gasteiger partial charge in [-0.3, -0.25) is 4.98 Å². The number of likely N-dealkylation sites (N-methyl/N-ethyl adjacent to an activating group) is 1. The van der Waals surface area contributed by atoms with E-state index in [4.69, 9.17) is 0 Å². The second-order valence-electron chi connectivity index (χ2n) is 3.83. The molecule has 1 fully saturated rings. The van der Waals surface area contributed by atoms with Crippen LogP contribution in [0.15, 0.2) is 24.4 Å². The van der Waals surface area contributed by atoms with Crippen LogP contribution in [0, 0.1) is 0 Å². The van der Waals surface area contributed by atoms with Crippen molar-refractivity contribution in [2.24, 2.45) is 0 Å². The molecule has 1 aliphatic heterocycles. The Balaban J connectivity index is 2.27. The highest BCUT2D eigenvalue weighted by Gasteiger charge is 2.32. The third-order valence-electron chi connectivity index (χ3n) is 3.02. The van der Waals surface area contributed by atoms with Crippen LogP contribution in [0.25, 0.3) is 0 Å². The molecule has 0 saturated carbocycles. The SMILES string of the molecule is CNC1(c2ccccn2)CCCNC1. The van der Waals surface area contributed by atoms with Crippen LogP contribution in [0.4, 0.5) is 0 Å². The first kappa shape index (κ1) is 9.62. The minimum Gasteiger partial charge on any atom is -0.314 e. The van der Waals surface area contributed by atoms with E-state index in [0.29, 0.717) is 0 Å². The van der Waals surface area contributed by atoms with Crippen LogP contribution in [0.3, 0.4) is 0 Å². The van der Waals surface area contributed by atoms with Crippen molar-refractivity contribution in [2.45, 2.75) is 18.4 Å². The van der Waals surface area contributed by atoms with E-state index in [-0.39, 0.29) is 5.54 Å². The Bertz CT molecular complexity index is 278. The van der Waals surface area contributed by atoms with E-state index in [1.165, 1.54) is 6.42 Å². The van der Waals surface area contributed by atoms with Crippen molar-refractivity contribution in [3.8, 4) is 0 Å². The van der Waals surface area contributed by atoms with Crippen molar-refractivity contribution in [1.82, 2.24) is 15.6 Å². The lowest BCUT2D eigenvalue weighted by molar-refractivity contribution is 0.262. The molecule has 3 nitrogen and oxygen atoms in total. The third-order valence-corrected chi connectivity index (χ3v) is 3.02. The summed E-state index contributed by atoms with van der Waals surface area (Å²) < 4.78 is 0. The van der Waals surface area contributed by atoms with E-state index >= 15 is 0 Å². The molecule has 0 aliphatic carbocycles. The number of nitrogens with one attached hydrogen (secondary N) is 2.